The first-order chi connectivity index (χ1) is 9.34. The second kappa shape index (κ2) is 5.45. The van der Waals surface area contributed by atoms with Gasteiger partial charge < -0.3 is 10.2 Å². The predicted molar refractivity (Wildman–Crippen MR) is 74.7 cm³/mol. The minimum absolute atomic E-state index is 0.0401. The van der Waals surface area contributed by atoms with Crippen molar-refractivity contribution in [3.63, 3.8) is 0 Å². The Morgan fingerprint density at radius 2 is 2.05 bits per heavy atom. The summed E-state index contributed by atoms with van der Waals surface area (Å²) in [6, 6.07) is 10.5. The first-order valence-corrected chi connectivity index (χ1v) is 6.85. The fourth-order valence-corrected chi connectivity index (χ4v) is 2.76. The molecule has 0 aliphatic carbocycles. The van der Waals surface area contributed by atoms with Crippen molar-refractivity contribution in [1.82, 2.24) is 15.5 Å². The fourth-order valence-electron chi connectivity index (χ4n) is 2.76. The Labute approximate surface area is 113 Å². The van der Waals surface area contributed by atoms with Gasteiger partial charge in [-0.3, -0.25) is 5.32 Å². The summed E-state index contributed by atoms with van der Waals surface area (Å²) in [5.41, 5.74) is 2.59. The molecule has 100 valence electrons. The number of rotatable bonds is 3. The van der Waals surface area contributed by atoms with E-state index in [4.69, 9.17) is 0 Å². The van der Waals surface area contributed by atoms with E-state index in [1.165, 1.54) is 11.1 Å². The van der Waals surface area contributed by atoms with Crippen LogP contribution in [0.1, 0.15) is 12.0 Å². The third-order valence-electron chi connectivity index (χ3n) is 3.69. The highest BCUT2D eigenvalue weighted by Gasteiger charge is 2.30. The van der Waals surface area contributed by atoms with Crippen molar-refractivity contribution in [2.24, 2.45) is 0 Å². The molecule has 0 bridgehead atoms. The SMILES string of the molecule is O=C1NCCN1C1NCCC=C1Cc1ccccc1. The fraction of sp³-hybridized carbons (Fsp3) is 0.400. The number of hydrogen-bond donors (Lipinski definition) is 2. The van der Waals surface area contributed by atoms with Crippen molar-refractivity contribution in [1.29, 1.82) is 0 Å². The molecule has 4 nitrogen and oxygen atoms in total. The van der Waals surface area contributed by atoms with Gasteiger partial charge in [0.2, 0.25) is 0 Å². The average molecular weight is 257 g/mol. The van der Waals surface area contributed by atoms with Crippen molar-refractivity contribution in [3.8, 4) is 0 Å². The molecular formula is C15H19N3O. The van der Waals surface area contributed by atoms with Crippen molar-refractivity contribution in [2.45, 2.75) is 19.0 Å². The Bertz CT molecular complexity index is 483. The van der Waals surface area contributed by atoms with Crippen LogP contribution in [0, 0.1) is 0 Å². The van der Waals surface area contributed by atoms with Crippen molar-refractivity contribution < 1.29 is 4.79 Å². The van der Waals surface area contributed by atoms with Gasteiger partial charge in [-0.1, -0.05) is 36.4 Å². The molecule has 1 fully saturated rings. The normalized spacial score (nSPS) is 23.2. The predicted octanol–water partition coefficient (Wildman–Crippen LogP) is 1.50. The molecule has 1 unspecified atom stereocenters. The molecule has 2 amide bonds. The monoisotopic (exact) mass is 257 g/mol. The van der Waals surface area contributed by atoms with Crippen LogP contribution in [0.4, 0.5) is 4.79 Å². The van der Waals surface area contributed by atoms with E-state index in [1.54, 1.807) is 0 Å². The highest BCUT2D eigenvalue weighted by molar-refractivity contribution is 5.77. The third kappa shape index (κ3) is 2.63. The van der Waals surface area contributed by atoms with Crippen LogP contribution in [0.5, 0.6) is 0 Å². The van der Waals surface area contributed by atoms with Gasteiger partial charge in [0.1, 0.15) is 6.17 Å². The Morgan fingerprint density at radius 3 is 2.79 bits per heavy atom. The summed E-state index contributed by atoms with van der Waals surface area (Å²) in [4.78, 5) is 13.7. The lowest BCUT2D eigenvalue weighted by Crippen LogP contribution is -2.50. The summed E-state index contributed by atoms with van der Waals surface area (Å²) in [5.74, 6) is 0. The molecule has 2 aliphatic heterocycles. The highest BCUT2D eigenvalue weighted by Crippen LogP contribution is 2.19. The van der Waals surface area contributed by atoms with E-state index in [-0.39, 0.29) is 12.2 Å². The third-order valence-corrected chi connectivity index (χ3v) is 3.69. The molecule has 3 rings (SSSR count). The Kier molecular flexibility index (Phi) is 3.51. The van der Waals surface area contributed by atoms with E-state index in [0.29, 0.717) is 0 Å². The molecule has 1 aromatic carbocycles. The van der Waals surface area contributed by atoms with E-state index >= 15 is 0 Å². The van der Waals surface area contributed by atoms with Gasteiger partial charge in [0.15, 0.2) is 0 Å². The number of urea groups is 1. The molecule has 0 aromatic heterocycles. The quantitative estimate of drug-likeness (QED) is 0.806. The Morgan fingerprint density at radius 1 is 1.21 bits per heavy atom. The van der Waals surface area contributed by atoms with Crippen LogP contribution in [0.2, 0.25) is 0 Å². The summed E-state index contributed by atoms with van der Waals surface area (Å²) < 4.78 is 0. The van der Waals surface area contributed by atoms with E-state index < -0.39 is 0 Å². The summed E-state index contributed by atoms with van der Waals surface area (Å²) in [6.45, 7) is 2.46. The molecule has 2 N–H and O–H groups in total. The van der Waals surface area contributed by atoms with E-state index in [9.17, 15) is 4.79 Å². The number of benzene rings is 1. The van der Waals surface area contributed by atoms with Gasteiger partial charge in [-0.15, -0.1) is 0 Å². The van der Waals surface area contributed by atoms with Gasteiger partial charge in [0.05, 0.1) is 0 Å². The number of carbonyl (C=O) groups is 1. The van der Waals surface area contributed by atoms with Gasteiger partial charge in [0.25, 0.3) is 0 Å². The number of hydrogen-bond acceptors (Lipinski definition) is 2. The maximum Gasteiger partial charge on any atom is 0.319 e. The van der Waals surface area contributed by atoms with E-state index in [0.717, 1.165) is 32.5 Å². The molecule has 1 saturated heterocycles. The molecule has 1 aromatic rings. The Hall–Kier alpha value is -1.81. The zero-order valence-electron chi connectivity index (χ0n) is 10.9. The summed E-state index contributed by atoms with van der Waals surface area (Å²) in [5, 5.41) is 6.33. The topological polar surface area (TPSA) is 44.4 Å². The van der Waals surface area contributed by atoms with Gasteiger partial charge in [-0.05, 0) is 24.0 Å². The van der Waals surface area contributed by atoms with Gasteiger partial charge in [-0.2, -0.15) is 0 Å². The van der Waals surface area contributed by atoms with Crippen molar-refractivity contribution in [2.75, 3.05) is 19.6 Å². The van der Waals surface area contributed by atoms with Gasteiger partial charge in [-0.25, -0.2) is 4.79 Å². The lowest BCUT2D eigenvalue weighted by atomic mass is 9.98. The number of nitrogens with one attached hydrogen (secondary N) is 2. The molecule has 4 heteroatoms. The highest BCUT2D eigenvalue weighted by atomic mass is 16.2. The molecule has 1 atom stereocenters. The zero-order valence-corrected chi connectivity index (χ0v) is 10.9. The van der Waals surface area contributed by atoms with E-state index in [2.05, 4.69) is 41.0 Å². The molecule has 2 heterocycles. The summed E-state index contributed by atoms with van der Waals surface area (Å²) in [7, 11) is 0. The van der Waals surface area contributed by atoms with Crippen LogP contribution in [-0.2, 0) is 6.42 Å². The van der Waals surface area contributed by atoms with E-state index in [1.807, 2.05) is 11.0 Å². The van der Waals surface area contributed by atoms with Crippen LogP contribution in [0.15, 0.2) is 42.0 Å². The minimum Gasteiger partial charge on any atom is -0.336 e. The summed E-state index contributed by atoms with van der Waals surface area (Å²) in [6.07, 6.45) is 4.27. The average Bonchev–Trinajstić information content (AvgIpc) is 2.87. The Balaban J connectivity index is 1.77. The van der Waals surface area contributed by atoms with Crippen LogP contribution in [0.25, 0.3) is 0 Å². The van der Waals surface area contributed by atoms with Gasteiger partial charge >= 0.3 is 6.03 Å². The molecule has 19 heavy (non-hydrogen) atoms. The van der Waals surface area contributed by atoms with Crippen molar-refractivity contribution in [3.05, 3.63) is 47.5 Å². The number of nitrogens with zero attached hydrogens (tertiary/aromatic N) is 1. The maximum atomic E-state index is 11.8. The second-order valence-corrected chi connectivity index (χ2v) is 5.01. The number of carbonyl (C=O) groups excluding carboxylic acids is 1. The molecule has 0 spiro atoms. The minimum atomic E-state index is 0.0401. The van der Waals surface area contributed by atoms with Crippen molar-refractivity contribution >= 4 is 6.03 Å². The molecule has 2 aliphatic rings. The second-order valence-electron chi connectivity index (χ2n) is 5.01. The van der Waals surface area contributed by atoms with Crippen LogP contribution >= 0.6 is 0 Å². The summed E-state index contributed by atoms with van der Waals surface area (Å²) >= 11 is 0. The lowest BCUT2D eigenvalue weighted by Gasteiger charge is -2.33. The van der Waals surface area contributed by atoms with Crippen LogP contribution in [-0.4, -0.2) is 36.7 Å². The number of amides is 2. The standard InChI is InChI=1S/C15H19N3O/c19-15-17-9-10-18(15)14-13(7-4-8-16-14)11-12-5-2-1-3-6-12/h1-3,5-7,14,16H,4,8-11H2,(H,17,19). The largest absolute Gasteiger partial charge is 0.336 e. The molecule has 0 saturated carbocycles. The first-order valence-electron chi connectivity index (χ1n) is 6.85. The smallest absolute Gasteiger partial charge is 0.319 e. The first kappa shape index (κ1) is 12.2. The van der Waals surface area contributed by atoms with Crippen LogP contribution < -0.4 is 10.6 Å². The van der Waals surface area contributed by atoms with Crippen LogP contribution in [0.3, 0.4) is 0 Å². The molecule has 0 radical (unpaired) electrons. The maximum absolute atomic E-state index is 11.8. The zero-order chi connectivity index (χ0) is 13.1. The lowest BCUT2D eigenvalue weighted by molar-refractivity contribution is 0.193. The molecular weight excluding hydrogens is 238 g/mol. The van der Waals surface area contributed by atoms with Gasteiger partial charge in [0, 0.05) is 19.6 Å².